The number of carbonyl (C=O) groups excluding carboxylic acids is 1. The number of carbonyl (C=O) groups is 1. The van der Waals surface area contributed by atoms with Gasteiger partial charge in [-0.1, -0.05) is 23.2 Å². The van der Waals surface area contributed by atoms with Gasteiger partial charge in [-0.15, -0.1) is 12.4 Å². The highest BCUT2D eigenvalue weighted by Gasteiger charge is 2.24. The van der Waals surface area contributed by atoms with Gasteiger partial charge in [0, 0.05) is 31.6 Å². The Bertz CT molecular complexity index is 488. The largest absolute Gasteiger partial charge is 0.484 e. The van der Waals surface area contributed by atoms with Crippen molar-refractivity contribution in [3.63, 3.8) is 0 Å². The van der Waals surface area contributed by atoms with Crippen molar-refractivity contribution in [2.75, 3.05) is 26.2 Å². The Morgan fingerprint density at radius 1 is 1.38 bits per heavy atom. The highest BCUT2D eigenvalue weighted by molar-refractivity contribution is 6.42. The lowest BCUT2D eigenvalue weighted by atomic mass is 10.1. The molecule has 1 aliphatic heterocycles. The molecule has 0 saturated carbocycles. The van der Waals surface area contributed by atoms with Crippen LogP contribution in [0.25, 0.3) is 0 Å². The van der Waals surface area contributed by atoms with E-state index in [-0.39, 0.29) is 30.8 Å². The van der Waals surface area contributed by atoms with Crippen molar-refractivity contribution in [2.24, 2.45) is 5.92 Å². The quantitative estimate of drug-likeness (QED) is 0.748. The predicted molar refractivity (Wildman–Crippen MR) is 84.6 cm³/mol. The Morgan fingerprint density at radius 2 is 2.14 bits per heavy atom. The Kier molecular flexibility index (Phi) is 7.56. The predicted octanol–water partition coefficient (Wildman–Crippen LogP) is 1.49. The first-order chi connectivity index (χ1) is 9.56. The third-order valence-electron chi connectivity index (χ3n) is 3.13. The lowest BCUT2D eigenvalue weighted by Crippen LogP contribution is -2.36. The van der Waals surface area contributed by atoms with Crippen molar-refractivity contribution in [3.05, 3.63) is 28.2 Å². The highest BCUT2D eigenvalue weighted by Crippen LogP contribution is 2.26. The van der Waals surface area contributed by atoms with Crippen LogP contribution in [0.15, 0.2) is 18.2 Å². The standard InChI is InChI=1S/C13H16Cl2N2O3.ClH/c14-10-2-1-9(3-11(10)15)20-7-13(19)17-5-8-4-16-6-12(8)18;/h1-3,8,12,16,18H,4-7H2,(H,17,19);1H. The summed E-state index contributed by atoms with van der Waals surface area (Å²) in [4.78, 5) is 11.6. The summed E-state index contributed by atoms with van der Waals surface area (Å²) >= 11 is 11.6. The smallest absolute Gasteiger partial charge is 0.257 e. The first-order valence-corrected chi connectivity index (χ1v) is 7.05. The second-order valence-corrected chi connectivity index (χ2v) is 5.47. The van der Waals surface area contributed by atoms with E-state index in [2.05, 4.69) is 10.6 Å². The molecule has 1 aromatic rings. The second-order valence-electron chi connectivity index (χ2n) is 4.65. The van der Waals surface area contributed by atoms with E-state index in [0.29, 0.717) is 35.4 Å². The number of aliphatic hydroxyl groups is 1. The van der Waals surface area contributed by atoms with Gasteiger partial charge in [-0.05, 0) is 12.1 Å². The normalized spacial score (nSPS) is 20.7. The number of amides is 1. The highest BCUT2D eigenvalue weighted by atomic mass is 35.5. The maximum absolute atomic E-state index is 11.6. The summed E-state index contributed by atoms with van der Waals surface area (Å²) in [7, 11) is 0. The summed E-state index contributed by atoms with van der Waals surface area (Å²) in [6, 6.07) is 4.81. The van der Waals surface area contributed by atoms with E-state index in [9.17, 15) is 9.90 Å². The number of hydrogen-bond donors (Lipinski definition) is 3. The number of aliphatic hydroxyl groups excluding tert-OH is 1. The Hall–Kier alpha value is -0.720. The van der Waals surface area contributed by atoms with Crippen molar-refractivity contribution in [3.8, 4) is 5.75 Å². The van der Waals surface area contributed by atoms with E-state index in [1.54, 1.807) is 18.2 Å². The molecule has 1 fully saturated rings. The van der Waals surface area contributed by atoms with Crippen molar-refractivity contribution in [1.29, 1.82) is 0 Å². The van der Waals surface area contributed by atoms with Crippen LogP contribution < -0.4 is 15.4 Å². The molecule has 2 unspecified atom stereocenters. The van der Waals surface area contributed by atoms with Crippen LogP contribution in [-0.2, 0) is 4.79 Å². The minimum atomic E-state index is -0.411. The maximum atomic E-state index is 11.6. The van der Waals surface area contributed by atoms with Crippen LogP contribution >= 0.6 is 35.6 Å². The molecule has 118 valence electrons. The van der Waals surface area contributed by atoms with Crippen LogP contribution in [0, 0.1) is 5.92 Å². The molecular formula is C13H17Cl3N2O3. The molecule has 2 rings (SSSR count). The number of β-amino-alcohol motifs (C(OH)–C–C–N with tert-alkyl or cyclic N) is 1. The van der Waals surface area contributed by atoms with Crippen molar-refractivity contribution < 1.29 is 14.6 Å². The Labute approximate surface area is 139 Å². The molecule has 0 aromatic heterocycles. The van der Waals surface area contributed by atoms with Crippen molar-refractivity contribution in [1.82, 2.24) is 10.6 Å². The summed E-state index contributed by atoms with van der Waals surface area (Å²) in [6.45, 7) is 1.60. The molecule has 3 N–H and O–H groups in total. The van der Waals surface area contributed by atoms with E-state index >= 15 is 0 Å². The molecule has 0 bridgehead atoms. The third kappa shape index (κ3) is 5.52. The molecule has 8 heteroatoms. The molecule has 1 aromatic carbocycles. The number of nitrogens with one attached hydrogen (secondary N) is 2. The zero-order valence-electron chi connectivity index (χ0n) is 11.1. The number of rotatable bonds is 5. The van der Waals surface area contributed by atoms with E-state index in [4.69, 9.17) is 27.9 Å². The molecule has 1 heterocycles. The van der Waals surface area contributed by atoms with E-state index in [1.165, 1.54) is 0 Å². The third-order valence-corrected chi connectivity index (χ3v) is 3.87. The van der Waals surface area contributed by atoms with E-state index in [0.717, 1.165) is 0 Å². The first-order valence-electron chi connectivity index (χ1n) is 6.29. The molecule has 1 saturated heterocycles. The molecule has 0 aliphatic carbocycles. The molecule has 0 radical (unpaired) electrons. The summed E-state index contributed by atoms with van der Waals surface area (Å²) in [6.07, 6.45) is -0.411. The summed E-state index contributed by atoms with van der Waals surface area (Å²) in [5, 5.41) is 16.2. The zero-order valence-corrected chi connectivity index (χ0v) is 13.5. The Morgan fingerprint density at radius 3 is 2.76 bits per heavy atom. The van der Waals surface area contributed by atoms with Crippen LogP contribution in [0.5, 0.6) is 5.75 Å². The van der Waals surface area contributed by atoms with Crippen LogP contribution in [0.1, 0.15) is 0 Å². The fraction of sp³-hybridized carbons (Fsp3) is 0.462. The fourth-order valence-electron chi connectivity index (χ4n) is 1.94. The summed E-state index contributed by atoms with van der Waals surface area (Å²) < 4.78 is 5.31. The van der Waals surface area contributed by atoms with Gasteiger partial charge in [0.2, 0.25) is 0 Å². The van der Waals surface area contributed by atoms with Gasteiger partial charge in [-0.3, -0.25) is 4.79 Å². The van der Waals surface area contributed by atoms with E-state index in [1.807, 2.05) is 0 Å². The monoisotopic (exact) mass is 354 g/mol. The van der Waals surface area contributed by atoms with Crippen LogP contribution in [-0.4, -0.2) is 43.4 Å². The van der Waals surface area contributed by atoms with Gasteiger partial charge in [-0.2, -0.15) is 0 Å². The molecule has 21 heavy (non-hydrogen) atoms. The summed E-state index contributed by atoms with van der Waals surface area (Å²) in [5.41, 5.74) is 0. The number of ether oxygens (including phenoxy) is 1. The van der Waals surface area contributed by atoms with Gasteiger partial charge < -0.3 is 20.5 Å². The van der Waals surface area contributed by atoms with Crippen molar-refractivity contribution in [2.45, 2.75) is 6.10 Å². The van der Waals surface area contributed by atoms with E-state index < -0.39 is 6.10 Å². The Balaban J connectivity index is 0.00000220. The van der Waals surface area contributed by atoms with Gasteiger partial charge in [-0.25, -0.2) is 0 Å². The number of benzene rings is 1. The lowest BCUT2D eigenvalue weighted by molar-refractivity contribution is -0.123. The number of halogens is 3. The SMILES string of the molecule is Cl.O=C(COc1ccc(Cl)c(Cl)c1)NCC1CNCC1O. The topological polar surface area (TPSA) is 70.6 Å². The van der Waals surface area contributed by atoms with Gasteiger partial charge in [0.05, 0.1) is 16.1 Å². The van der Waals surface area contributed by atoms with Crippen LogP contribution in [0.3, 0.4) is 0 Å². The fourth-order valence-corrected chi connectivity index (χ4v) is 2.23. The second kappa shape index (κ2) is 8.66. The minimum absolute atomic E-state index is 0. The van der Waals surface area contributed by atoms with Crippen molar-refractivity contribution >= 4 is 41.5 Å². The number of hydrogen-bond acceptors (Lipinski definition) is 4. The van der Waals surface area contributed by atoms with Crippen LogP contribution in [0.2, 0.25) is 10.0 Å². The van der Waals surface area contributed by atoms with Gasteiger partial charge in [0.25, 0.3) is 5.91 Å². The molecule has 1 aliphatic rings. The minimum Gasteiger partial charge on any atom is -0.484 e. The van der Waals surface area contributed by atoms with Crippen LogP contribution in [0.4, 0.5) is 0 Å². The van der Waals surface area contributed by atoms with Gasteiger partial charge >= 0.3 is 0 Å². The zero-order chi connectivity index (χ0) is 14.5. The molecule has 5 nitrogen and oxygen atoms in total. The average Bonchev–Trinajstić information content (AvgIpc) is 2.83. The van der Waals surface area contributed by atoms with Gasteiger partial charge in [0.15, 0.2) is 6.61 Å². The molecule has 1 amide bonds. The first kappa shape index (κ1) is 18.3. The summed E-state index contributed by atoms with van der Waals surface area (Å²) in [5.74, 6) is 0.288. The maximum Gasteiger partial charge on any atom is 0.257 e. The molecule has 0 spiro atoms. The van der Waals surface area contributed by atoms with Gasteiger partial charge in [0.1, 0.15) is 5.75 Å². The molecule has 2 atom stereocenters. The molecular weight excluding hydrogens is 339 g/mol. The average molecular weight is 356 g/mol. The lowest BCUT2D eigenvalue weighted by Gasteiger charge is -2.14.